The van der Waals surface area contributed by atoms with E-state index in [-0.39, 0.29) is 4.90 Å². The number of sulfone groups is 1. The summed E-state index contributed by atoms with van der Waals surface area (Å²) in [5.41, 5.74) is 0. The van der Waals surface area contributed by atoms with E-state index in [2.05, 4.69) is 0 Å². The van der Waals surface area contributed by atoms with Crippen molar-refractivity contribution in [2.75, 3.05) is 0 Å². The maximum atomic E-state index is 14.5. The summed E-state index contributed by atoms with van der Waals surface area (Å²) in [6.07, 6.45) is 4.84. The minimum Gasteiger partial charge on any atom is -0.217 e. The molecule has 0 unspecified atom stereocenters. The molecule has 2 nitrogen and oxygen atoms in total. The molecule has 0 aromatic heterocycles. The average molecular weight is 302 g/mol. The number of halogens is 2. The largest absolute Gasteiger partial charge is 0.352 e. The Morgan fingerprint density at radius 2 is 1.40 bits per heavy atom. The molecule has 1 fully saturated rings. The molecule has 5 heteroatoms. The second-order valence-electron chi connectivity index (χ2n) is 5.42. The van der Waals surface area contributed by atoms with Crippen LogP contribution >= 0.6 is 0 Å². The minimum atomic E-state index is -4.60. The fourth-order valence-corrected chi connectivity index (χ4v) is 4.27. The van der Waals surface area contributed by atoms with Gasteiger partial charge in [0, 0.05) is 5.92 Å². The summed E-state index contributed by atoms with van der Waals surface area (Å²) in [5.74, 6) is -1.06. The second kappa shape index (κ2) is 6.20. The Balaban J connectivity index is 2.27. The number of benzene rings is 1. The molecule has 0 amide bonds. The first-order valence-corrected chi connectivity index (χ1v) is 8.62. The highest BCUT2D eigenvalue weighted by atomic mass is 32.2. The van der Waals surface area contributed by atoms with Crippen LogP contribution in [0.25, 0.3) is 0 Å². The molecule has 112 valence electrons. The Morgan fingerprint density at radius 3 is 1.95 bits per heavy atom. The van der Waals surface area contributed by atoms with Crippen LogP contribution in [0, 0.1) is 5.92 Å². The zero-order valence-corrected chi connectivity index (χ0v) is 12.2. The van der Waals surface area contributed by atoms with E-state index < -0.39 is 21.0 Å². The van der Waals surface area contributed by atoms with Crippen molar-refractivity contribution in [1.82, 2.24) is 0 Å². The van der Waals surface area contributed by atoms with Gasteiger partial charge in [0.2, 0.25) is 9.84 Å². The van der Waals surface area contributed by atoms with Gasteiger partial charge in [-0.25, -0.2) is 8.42 Å². The molecule has 0 saturated heterocycles. The highest BCUT2D eigenvalue weighted by molar-refractivity contribution is 7.92. The first-order valence-electron chi connectivity index (χ1n) is 7.14. The van der Waals surface area contributed by atoms with Gasteiger partial charge in [-0.1, -0.05) is 50.3 Å². The first kappa shape index (κ1) is 15.4. The van der Waals surface area contributed by atoms with Crippen LogP contribution in [0.3, 0.4) is 0 Å². The zero-order valence-electron chi connectivity index (χ0n) is 11.4. The van der Waals surface area contributed by atoms with Crippen molar-refractivity contribution in [2.45, 2.75) is 55.1 Å². The van der Waals surface area contributed by atoms with Gasteiger partial charge in [0.15, 0.2) is 0 Å². The summed E-state index contributed by atoms with van der Waals surface area (Å²) in [7, 11) is -4.60. The number of hydrogen-bond acceptors (Lipinski definition) is 2. The molecule has 20 heavy (non-hydrogen) atoms. The zero-order chi connectivity index (χ0) is 14.6. The molecule has 0 N–H and O–H groups in total. The van der Waals surface area contributed by atoms with Crippen molar-refractivity contribution in [3.63, 3.8) is 0 Å². The van der Waals surface area contributed by atoms with E-state index in [0.717, 1.165) is 19.3 Å². The lowest BCUT2D eigenvalue weighted by Gasteiger charge is -2.28. The Bertz CT molecular complexity index is 518. The third-order valence-electron chi connectivity index (χ3n) is 3.99. The van der Waals surface area contributed by atoms with Gasteiger partial charge >= 0.3 is 5.25 Å². The summed E-state index contributed by atoms with van der Waals surface area (Å²) < 4.78 is 53.4. The van der Waals surface area contributed by atoms with Crippen molar-refractivity contribution in [3.8, 4) is 0 Å². The average Bonchev–Trinajstić information content (AvgIpc) is 2.38. The highest BCUT2D eigenvalue weighted by Gasteiger charge is 2.51. The van der Waals surface area contributed by atoms with E-state index in [1.807, 2.05) is 0 Å². The van der Waals surface area contributed by atoms with Crippen LogP contribution in [0.5, 0.6) is 0 Å². The van der Waals surface area contributed by atoms with Gasteiger partial charge in [-0.05, 0) is 25.0 Å². The van der Waals surface area contributed by atoms with E-state index in [4.69, 9.17) is 0 Å². The molecule has 0 atom stereocenters. The van der Waals surface area contributed by atoms with E-state index in [9.17, 15) is 17.2 Å². The predicted molar refractivity (Wildman–Crippen MR) is 74.4 cm³/mol. The Morgan fingerprint density at radius 1 is 0.900 bits per heavy atom. The van der Waals surface area contributed by atoms with Crippen LogP contribution < -0.4 is 0 Å². The molecule has 1 aromatic carbocycles. The topological polar surface area (TPSA) is 34.1 Å². The molecule has 0 spiro atoms. The molecule has 1 aromatic rings. The van der Waals surface area contributed by atoms with Gasteiger partial charge in [0.1, 0.15) is 0 Å². The molecule has 1 saturated carbocycles. The summed E-state index contributed by atoms with van der Waals surface area (Å²) >= 11 is 0. The van der Waals surface area contributed by atoms with Gasteiger partial charge in [0.05, 0.1) is 4.90 Å². The lowest BCUT2D eigenvalue weighted by atomic mass is 9.91. The molecule has 0 bridgehead atoms. The third-order valence-corrected chi connectivity index (χ3v) is 5.93. The number of rotatable bonds is 3. The molecule has 2 rings (SSSR count). The standard InChI is InChI=1S/C15H20F2O2S/c16-15(17,13-9-5-2-1-3-6-10-13)20(18,19)14-11-7-4-8-12-14/h4,7-8,11-13H,1-3,5-6,9-10H2. The summed E-state index contributed by atoms with van der Waals surface area (Å²) in [6.45, 7) is 0. The van der Waals surface area contributed by atoms with Crippen molar-refractivity contribution < 1.29 is 17.2 Å². The second-order valence-corrected chi connectivity index (χ2v) is 7.44. The molecule has 1 aliphatic rings. The monoisotopic (exact) mass is 302 g/mol. The maximum absolute atomic E-state index is 14.5. The van der Waals surface area contributed by atoms with E-state index in [0.29, 0.717) is 25.7 Å². The fourth-order valence-electron chi connectivity index (χ4n) is 2.77. The quantitative estimate of drug-likeness (QED) is 0.828. The molecular formula is C15H20F2O2S. The smallest absolute Gasteiger partial charge is 0.217 e. The van der Waals surface area contributed by atoms with Crippen LogP contribution in [0.1, 0.15) is 44.9 Å². The first-order chi connectivity index (χ1) is 9.46. The van der Waals surface area contributed by atoms with Crippen molar-refractivity contribution in [3.05, 3.63) is 30.3 Å². The van der Waals surface area contributed by atoms with Crippen LogP contribution in [0.4, 0.5) is 8.78 Å². The Kier molecular flexibility index (Phi) is 4.78. The lowest BCUT2D eigenvalue weighted by molar-refractivity contribution is 0.0139. The summed E-state index contributed by atoms with van der Waals surface area (Å²) in [6, 6.07) is 7.05. The highest BCUT2D eigenvalue weighted by Crippen LogP contribution is 2.41. The van der Waals surface area contributed by atoms with E-state index in [1.54, 1.807) is 6.07 Å². The minimum absolute atomic E-state index is 0.285. The van der Waals surface area contributed by atoms with Crippen molar-refractivity contribution in [2.24, 2.45) is 5.92 Å². The molecule has 0 radical (unpaired) electrons. The summed E-state index contributed by atoms with van der Waals surface area (Å²) in [4.78, 5) is -0.285. The molecule has 1 aliphatic carbocycles. The van der Waals surface area contributed by atoms with Crippen LogP contribution in [-0.2, 0) is 9.84 Å². The summed E-state index contributed by atoms with van der Waals surface area (Å²) in [5, 5.41) is -3.67. The van der Waals surface area contributed by atoms with Gasteiger partial charge in [0.25, 0.3) is 0 Å². The third kappa shape index (κ3) is 3.03. The van der Waals surface area contributed by atoms with Crippen LogP contribution in [0.15, 0.2) is 35.2 Å². The van der Waals surface area contributed by atoms with E-state index >= 15 is 0 Å². The van der Waals surface area contributed by atoms with E-state index in [1.165, 1.54) is 24.3 Å². The number of hydrogen-bond donors (Lipinski definition) is 0. The van der Waals surface area contributed by atoms with Crippen molar-refractivity contribution in [1.29, 1.82) is 0 Å². The molecule has 0 aliphatic heterocycles. The van der Waals surface area contributed by atoms with Gasteiger partial charge in [-0.3, -0.25) is 0 Å². The molecule has 0 heterocycles. The number of alkyl halides is 2. The predicted octanol–water partition coefficient (Wildman–Crippen LogP) is 4.41. The maximum Gasteiger partial charge on any atom is 0.352 e. The van der Waals surface area contributed by atoms with Crippen LogP contribution in [0.2, 0.25) is 0 Å². The Labute approximate surface area is 119 Å². The normalized spacial score (nSPS) is 19.3. The van der Waals surface area contributed by atoms with Gasteiger partial charge < -0.3 is 0 Å². The van der Waals surface area contributed by atoms with Crippen molar-refractivity contribution >= 4 is 9.84 Å². The lowest BCUT2D eigenvalue weighted by Crippen LogP contribution is -2.37. The van der Waals surface area contributed by atoms with Gasteiger partial charge in [-0.15, -0.1) is 0 Å². The van der Waals surface area contributed by atoms with Gasteiger partial charge in [-0.2, -0.15) is 8.78 Å². The Hall–Kier alpha value is -0.970. The molecular weight excluding hydrogens is 282 g/mol. The van der Waals surface area contributed by atoms with Crippen LogP contribution in [-0.4, -0.2) is 13.7 Å². The SMILES string of the molecule is O=S(=O)(c1ccccc1)C(F)(F)C1CCCCCCC1. The fraction of sp³-hybridized carbons (Fsp3) is 0.600.